The van der Waals surface area contributed by atoms with Gasteiger partial charge in [-0.25, -0.2) is 0 Å². The number of benzene rings is 2. The predicted octanol–water partition coefficient (Wildman–Crippen LogP) is 4.34. The van der Waals surface area contributed by atoms with Gasteiger partial charge in [-0.3, -0.25) is 4.90 Å². The smallest absolute Gasteiger partial charge is 0.120 e. The van der Waals surface area contributed by atoms with Crippen molar-refractivity contribution < 1.29 is 9.84 Å². The maximum atomic E-state index is 10.1. The number of para-hydroxylation sites is 1. The fourth-order valence-corrected chi connectivity index (χ4v) is 3.42. The van der Waals surface area contributed by atoms with E-state index in [0.717, 1.165) is 42.6 Å². The SMILES string of the molecule is Oc1ccccc1CN(Cc1ccccc1Br)CC1CCCO1. The normalized spacial score (nSPS) is 17.7. The molecule has 4 heteroatoms. The van der Waals surface area contributed by atoms with Gasteiger partial charge in [-0.1, -0.05) is 52.3 Å². The molecule has 0 aliphatic carbocycles. The summed E-state index contributed by atoms with van der Waals surface area (Å²) in [5, 5.41) is 10.1. The van der Waals surface area contributed by atoms with Gasteiger partial charge >= 0.3 is 0 Å². The van der Waals surface area contributed by atoms with Gasteiger partial charge in [-0.2, -0.15) is 0 Å². The van der Waals surface area contributed by atoms with Crippen LogP contribution in [0, 0.1) is 0 Å². The number of aromatic hydroxyl groups is 1. The van der Waals surface area contributed by atoms with E-state index in [4.69, 9.17) is 4.74 Å². The van der Waals surface area contributed by atoms with E-state index in [2.05, 4.69) is 39.0 Å². The first kappa shape index (κ1) is 16.5. The Balaban J connectivity index is 1.75. The molecule has 2 aromatic rings. The molecule has 1 aliphatic heterocycles. The molecule has 0 radical (unpaired) electrons. The van der Waals surface area contributed by atoms with Crippen LogP contribution in [-0.2, 0) is 17.8 Å². The molecule has 1 atom stereocenters. The molecule has 1 fully saturated rings. The summed E-state index contributed by atoms with van der Waals surface area (Å²) in [4.78, 5) is 2.35. The van der Waals surface area contributed by atoms with Crippen LogP contribution < -0.4 is 0 Å². The quantitative estimate of drug-likeness (QED) is 0.814. The minimum Gasteiger partial charge on any atom is -0.508 e. The molecule has 23 heavy (non-hydrogen) atoms. The molecule has 0 aromatic heterocycles. The number of nitrogens with zero attached hydrogens (tertiary/aromatic N) is 1. The van der Waals surface area contributed by atoms with E-state index in [9.17, 15) is 5.11 Å². The fraction of sp³-hybridized carbons (Fsp3) is 0.368. The van der Waals surface area contributed by atoms with Crippen LogP contribution in [0.1, 0.15) is 24.0 Å². The van der Waals surface area contributed by atoms with Gasteiger partial charge in [-0.05, 0) is 30.5 Å². The van der Waals surface area contributed by atoms with Crippen molar-refractivity contribution in [2.45, 2.75) is 32.0 Å². The lowest BCUT2D eigenvalue weighted by molar-refractivity contribution is 0.0675. The largest absolute Gasteiger partial charge is 0.508 e. The number of phenolic OH excluding ortho intramolecular Hbond substituents is 1. The van der Waals surface area contributed by atoms with Crippen molar-refractivity contribution >= 4 is 15.9 Å². The summed E-state index contributed by atoms with van der Waals surface area (Å²) in [6, 6.07) is 15.9. The van der Waals surface area contributed by atoms with Crippen LogP contribution >= 0.6 is 15.9 Å². The Labute approximate surface area is 146 Å². The third kappa shape index (κ3) is 4.56. The number of rotatable bonds is 6. The first-order chi connectivity index (χ1) is 11.2. The standard InChI is InChI=1S/C19H22BrNO2/c20-18-9-3-1-6-15(18)12-21(14-17-8-5-11-23-17)13-16-7-2-4-10-19(16)22/h1-4,6-7,9-10,17,22H,5,8,11-14H2. The van der Waals surface area contributed by atoms with Crippen LogP contribution in [0.25, 0.3) is 0 Å². The highest BCUT2D eigenvalue weighted by atomic mass is 79.9. The maximum absolute atomic E-state index is 10.1. The Morgan fingerprint density at radius 3 is 2.43 bits per heavy atom. The molecule has 0 bridgehead atoms. The highest BCUT2D eigenvalue weighted by molar-refractivity contribution is 9.10. The van der Waals surface area contributed by atoms with Crippen molar-refractivity contribution in [2.75, 3.05) is 13.2 Å². The molecular weight excluding hydrogens is 354 g/mol. The van der Waals surface area contributed by atoms with Crippen LogP contribution in [-0.4, -0.2) is 29.3 Å². The molecular formula is C19H22BrNO2. The highest BCUT2D eigenvalue weighted by Crippen LogP contribution is 2.24. The zero-order valence-corrected chi connectivity index (χ0v) is 14.7. The lowest BCUT2D eigenvalue weighted by Gasteiger charge is -2.26. The number of halogens is 1. The highest BCUT2D eigenvalue weighted by Gasteiger charge is 2.20. The van der Waals surface area contributed by atoms with Gasteiger partial charge in [-0.15, -0.1) is 0 Å². The van der Waals surface area contributed by atoms with Crippen LogP contribution in [0.3, 0.4) is 0 Å². The third-order valence-corrected chi connectivity index (χ3v) is 5.00. The van der Waals surface area contributed by atoms with Crippen LogP contribution in [0.4, 0.5) is 0 Å². The molecule has 3 nitrogen and oxygen atoms in total. The molecule has 0 saturated carbocycles. The van der Waals surface area contributed by atoms with E-state index in [1.807, 2.05) is 24.3 Å². The van der Waals surface area contributed by atoms with Gasteiger partial charge in [0.1, 0.15) is 5.75 Å². The Hall–Kier alpha value is -1.36. The summed E-state index contributed by atoms with van der Waals surface area (Å²) in [7, 11) is 0. The average Bonchev–Trinajstić information content (AvgIpc) is 3.05. The van der Waals surface area contributed by atoms with Crippen LogP contribution in [0.2, 0.25) is 0 Å². The first-order valence-corrected chi connectivity index (χ1v) is 8.86. The molecule has 0 spiro atoms. The number of phenols is 1. The van der Waals surface area contributed by atoms with Crippen molar-refractivity contribution in [2.24, 2.45) is 0 Å². The number of ether oxygens (including phenoxy) is 1. The maximum Gasteiger partial charge on any atom is 0.120 e. The Kier molecular flexibility index (Phi) is 5.70. The summed E-state index contributed by atoms with van der Waals surface area (Å²) in [6.07, 6.45) is 2.56. The molecule has 1 unspecified atom stereocenters. The van der Waals surface area contributed by atoms with Crippen molar-refractivity contribution in [1.29, 1.82) is 0 Å². The topological polar surface area (TPSA) is 32.7 Å². The molecule has 1 aliphatic rings. The van der Waals surface area contributed by atoms with Gasteiger partial charge in [0.05, 0.1) is 6.10 Å². The van der Waals surface area contributed by atoms with Crippen molar-refractivity contribution in [3.05, 3.63) is 64.1 Å². The lowest BCUT2D eigenvalue weighted by Crippen LogP contribution is -2.31. The second-order valence-corrected chi connectivity index (χ2v) is 6.88. The number of hydrogen-bond acceptors (Lipinski definition) is 3. The Morgan fingerprint density at radius 2 is 1.74 bits per heavy atom. The van der Waals surface area contributed by atoms with Gasteiger partial charge < -0.3 is 9.84 Å². The third-order valence-electron chi connectivity index (χ3n) is 4.22. The molecule has 1 N–H and O–H groups in total. The summed E-state index contributed by atoms with van der Waals surface area (Å²) >= 11 is 3.63. The zero-order chi connectivity index (χ0) is 16.1. The minimum atomic E-state index is 0.295. The van der Waals surface area contributed by atoms with E-state index in [0.29, 0.717) is 18.4 Å². The van der Waals surface area contributed by atoms with Crippen molar-refractivity contribution in [3.8, 4) is 5.75 Å². The van der Waals surface area contributed by atoms with E-state index >= 15 is 0 Å². The van der Waals surface area contributed by atoms with E-state index in [1.54, 1.807) is 6.07 Å². The first-order valence-electron chi connectivity index (χ1n) is 8.06. The monoisotopic (exact) mass is 375 g/mol. The fourth-order valence-electron chi connectivity index (χ4n) is 3.01. The summed E-state index contributed by atoms with van der Waals surface area (Å²) in [5.41, 5.74) is 2.21. The van der Waals surface area contributed by atoms with Crippen molar-refractivity contribution in [1.82, 2.24) is 4.90 Å². The van der Waals surface area contributed by atoms with Gasteiger partial charge in [0.25, 0.3) is 0 Å². The molecule has 122 valence electrons. The van der Waals surface area contributed by atoms with E-state index < -0.39 is 0 Å². The second-order valence-electron chi connectivity index (χ2n) is 6.02. The van der Waals surface area contributed by atoms with Crippen LogP contribution in [0.5, 0.6) is 5.75 Å². The number of hydrogen-bond donors (Lipinski definition) is 1. The second kappa shape index (κ2) is 7.95. The molecule has 1 heterocycles. The minimum absolute atomic E-state index is 0.295. The summed E-state index contributed by atoms with van der Waals surface area (Å²) < 4.78 is 6.92. The van der Waals surface area contributed by atoms with E-state index in [1.165, 1.54) is 5.56 Å². The Bertz CT molecular complexity index is 593. The predicted molar refractivity (Wildman–Crippen MR) is 95.3 cm³/mol. The van der Waals surface area contributed by atoms with Gasteiger partial charge in [0.2, 0.25) is 0 Å². The Morgan fingerprint density at radius 1 is 1.04 bits per heavy atom. The summed E-state index contributed by atoms with van der Waals surface area (Å²) in [6.45, 7) is 3.29. The molecule has 3 rings (SSSR count). The van der Waals surface area contributed by atoms with Crippen LogP contribution in [0.15, 0.2) is 53.0 Å². The zero-order valence-electron chi connectivity index (χ0n) is 13.1. The lowest BCUT2D eigenvalue weighted by atomic mass is 10.1. The average molecular weight is 376 g/mol. The molecule has 1 saturated heterocycles. The molecule has 2 aromatic carbocycles. The summed E-state index contributed by atoms with van der Waals surface area (Å²) in [5.74, 6) is 0.358. The van der Waals surface area contributed by atoms with E-state index in [-0.39, 0.29) is 0 Å². The van der Waals surface area contributed by atoms with Gasteiger partial charge in [0, 0.05) is 36.3 Å². The van der Waals surface area contributed by atoms with Crippen molar-refractivity contribution in [3.63, 3.8) is 0 Å². The molecule has 0 amide bonds. The van der Waals surface area contributed by atoms with Gasteiger partial charge in [0.15, 0.2) is 0 Å².